The SMILES string of the molecule is C[C@@H](CNCC(=O)[C@@H](NC(=O)OC(C)(C)C)[C@@H](OC(N)=O)c1cccc(F)c1)O[Si](C)(C)C(C)(C)C. The number of benzene rings is 1. The molecule has 1 aromatic carbocycles. The summed E-state index contributed by atoms with van der Waals surface area (Å²) in [5, 5.41) is 5.54. The van der Waals surface area contributed by atoms with Crippen molar-refractivity contribution in [2.45, 2.75) is 90.4 Å². The van der Waals surface area contributed by atoms with Gasteiger partial charge in [0, 0.05) is 6.54 Å². The maximum Gasteiger partial charge on any atom is 0.408 e. The highest BCUT2D eigenvalue weighted by molar-refractivity contribution is 6.74. The molecule has 0 bridgehead atoms. The zero-order valence-electron chi connectivity index (χ0n) is 22.9. The van der Waals surface area contributed by atoms with Crippen LogP contribution >= 0.6 is 0 Å². The fourth-order valence-corrected chi connectivity index (χ4v) is 4.57. The number of rotatable bonds is 11. The van der Waals surface area contributed by atoms with Gasteiger partial charge in [0.2, 0.25) is 0 Å². The van der Waals surface area contributed by atoms with Gasteiger partial charge in [-0.05, 0) is 63.5 Å². The highest BCUT2D eigenvalue weighted by Crippen LogP contribution is 2.37. The molecule has 0 aliphatic rings. The average Bonchev–Trinajstić information content (AvgIpc) is 2.67. The Morgan fingerprint density at radius 1 is 1.11 bits per heavy atom. The average molecular weight is 528 g/mol. The smallest absolute Gasteiger partial charge is 0.408 e. The van der Waals surface area contributed by atoms with Crippen molar-refractivity contribution in [3.05, 3.63) is 35.6 Å². The summed E-state index contributed by atoms with van der Waals surface area (Å²) in [5.74, 6) is -1.13. The first-order valence-electron chi connectivity index (χ1n) is 11.9. The highest BCUT2D eigenvalue weighted by Gasteiger charge is 2.39. The lowest BCUT2D eigenvalue weighted by Gasteiger charge is -2.38. The fourth-order valence-electron chi connectivity index (χ4n) is 3.13. The van der Waals surface area contributed by atoms with E-state index >= 15 is 0 Å². The van der Waals surface area contributed by atoms with Crippen LogP contribution in [0.15, 0.2) is 24.3 Å². The van der Waals surface area contributed by atoms with Crippen LogP contribution in [0.5, 0.6) is 0 Å². The normalized spacial score (nSPS) is 14.9. The van der Waals surface area contributed by atoms with E-state index in [0.29, 0.717) is 6.54 Å². The predicted octanol–water partition coefficient (Wildman–Crippen LogP) is 4.42. The lowest BCUT2D eigenvalue weighted by atomic mass is 9.98. The number of nitrogens with two attached hydrogens (primary N) is 1. The van der Waals surface area contributed by atoms with Crippen LogP contribution in [0.2, 0.25) is 18.1 Å². The van der Waals surface area contributed by atoms with Crippen molar-refractivity contribution in [2.24, 2.45) is 5.73 Å². The molecule has 9 nitrogen and oxygen atoms in total. The Balaban J connectivity index is 3.08. The van der Waals surface area contributed by atoms with E-state index in [1.54, 1.807) is 20.8 Å². The molecule has 0 fully saturated rings. The number of alkyl carbamates (subject to hydrolysis) is 1. The molecule has 11 heteroatoms. The van der Waals surface area contributed by atoms with Crippen LogP contribution in [-0.4, -0.2) is 57.1 Å². The number of ketones is 1. The summed E-state index contributed by atoms with van der Waals surface area (Å²) in [4.78, 5) is 37.4. The summed E-state index contributed by atoms with van der Waals surface area (Å²) in [7, 11) is -2.00. The molecule has 0 spiro atoms. The molecule has 0 saturated carbocycles. The number of ether oxygens (including phenoxy) is 2. The Morgan fingerprint density at radius 2 is 1.72 bits per heavy atom. The minimum absolute atomic E-state index is 0.0315. The Hall–Kier alpha value is -2.50. The molecule has 0 saturated heterocycles. The van der Waals surface area contributed by atoms with E-state index in [1.165, 1.54) is 18.2 Å². The van der Waals surface area contributed by atoms with Gasteiger partial charge in [-0.1, -0.05) is 32.9 Å². The van der Waals surface area contributed by atoms with Crippen LogP contribution in [0.3, 0.4) is 0 Å². The number of hydrogen-bond acceptors (Lipinski definition) is 7. The first kappa shape index (κ1) is 31.5. The Bertz CT molecular complexity index is 914. The molecular formula is C25H42FN3O6Si. The van der Waals surface area contributed by atoms with Crippen molar-refractivity contribution >= 4 is 26.3 Å². The molecule has 1 rings (SSSR count). The molecule has 0 aromatic heterocycles. The summed E-state index contributed by atoms with van der Waals surface area (Å²) in [6.07, 6.45) is -3.62. The Labute approximate surface area is 214 Å². The molecule has 2 amide bonds. The fraction of sp³-hybridized carbons (Fsp3) is 0.640. The molecule has 36 heavy (non-hydrogen) atoms. The molecule has 204 valence electrons. The molecule has 0 radical (unpaired) electrons. The summed E-state index contributed by atoms with van der Waals surface area (Å²) in [6, 6.07) is 3.78. The van der Waals surface area contributed by atoms with Crippen molar-refractivity contribution in [3.8, 4) is 0 Å². The van der Waals surface area contributed by atoms with Crippen molar-refractivity contribution in [1.29, 1.82) is 0 Å². The van der Waals surface area contributed by atoms with Crippen LogP contribution in [-0.2, 0) is 18.7 Å². The molecule has 0 unspecified atom stereocenters. The summed E-state index contributed by atoms with van der Waals surface area (Å²) in [5.41, 5.74) is 4.54. The largest absolute Gasteiger partial charge is 0.444 e. The van der Waals surface area contributed by atoms with Gasteiger partial charge in [-0.2, -0.15) is 0 Å². The molecule has 4 N–H and O–H groups in total. The van der Waals surface area contributed by atoms with Crippen molar-refractivity contribution < 1.29 is 32.7 Å². The van der Waals surface area contributed by atoms with Crippen LogP contribution < -0.4 is 16.4 Å². The number of halogens is 1. The van der Waals surface area contributed by atoms with Gasteiger partial charge in [0.1, 0.15) is 17.5 Å². The number of carbonyl (C=O) groups excluding carboxylic acids is 3. The minimum Gasteiger partial charge on any atom is -0.444 e. The summed E-state index contributed by atoms with van der Waals surface area (Å²) in [6.45, 7) is 17.8. The molecule has 0 aliphatic heterocycles. The number of amides is 2. The number of Topliss-reactive ketones (excluding diaryl/α,β-unsaturated/α-hetero) is 1. The first-order valence-corrected chi connectivity index (χ1v) is 14.9. The maximum atomic E-state index is 13.9. The van der Waals surface area contributed by atoms with E-state index in [0.717, 1.165) is 6.07 Å². The number of carbonyl (C=O) groups is 3. The van der Waals surface area contributed by atoms with E-state index in [2.05, 4.69) is 44.5 Å². The van der Waals surface area contributed by atoms with Gasteiger partial charge >= 0.3 is 12.2 Å². The lowest BCUT2D eigenvalue weighted by molar-refractivity contribution is -0.123. The lowest BCUT2D eigenvalue weighted by Crippen LogP contribution is -2.51. The van der Waals surface area contributed by atoms with Crippen LogP contribution in [0.4, 0.5) is 14.0 Å². The topological polar surface area (TPSA) is 129 Å². The van der Waals surface area contributed by atoms with Gasteiger partial charge < -0.3 is 30.3 Å². The zero-order valence-corrected chi connectivity index (χ0v) is 23.9. The number of hydrogen-bond donors (Lipinski definition) is 3. The molecule has 1 aromatic rings. The predicted molar refractivity (Wildman–Crippen MR) is 139 cm³/mol. The number of primary amides is 1. The molecule has 3 atom stereocenters. The van der Waals surface area contributed by atoms with E-state index in [-0.39, 0.29) is 23.3 Å². The van der Waals surface area contributed by atoms with Gasteiger partial charge in [-0.15, -0.1) is 0 Å². The third-order valence-electron chi connectivity index (χ3n) is 5.78. The van der Waals surface area contributed by atoms with E-state index in [1.807, 2.05) is 6.92 Å². The molecule has 0 aliphatic carbocycles. The second-order valence-electron chi connectivity index (χ2n) is 11.3. The van der Waals surface area contributed by atoms with Crippen LogP contribution in [0.25, 0.3) is 0 Å². The quantitative estimate of drug-likeness (QED) is 0.363. The van der Waals surface area contributed by atoms with Gasteiger partial charge in [0.25, 0.3) is 0 Å². The summed E-state index contributed by atoms with van der Waals surface area (Å²) < 4.78 is 30.7. The monoisotopic (exact) mass is 527 g/mol. The van der Waals surface area contributed by atoms with Crippen molar-refractivity contribution in [1.82, 2.24) is 10.6 Å². The second kappa shape index (κ2) is 12.6. The maximum absolute atomic E-state index is 13.9. The zero-order chi connectivity index (χ0) is 27.9. The van der Waals surface area contributed by atoms with Crippen molar-refractivity contribution in [2.75, 3.05) is 13.1 Å². The third-order valence-corrected chi connectivity index (χ3v) is 10.4. The van der Waals surface area contributed by atoms with E-state index in [9.17, 15) is 18.8 Å². The third kappa shape index (κ3) is 10.6. The minimum atomic E-state index is -2.00. The Morgan fingerprint density at radius 3 is 2.22 bits per heavy atom. The Kier molecular flexibility index (Phi) is 11.1. The van der Waals surface area contributed by atoms with Crippen LogP contribution in [0.1, 0.15) is 60.1 Å². The van der Waals surface area contributed by atoms with Gasteiger partial charge in [0.05, 0.1) is 12.6 Å². The van der Waals surface area contributed by atoms with Crippen LogP contribution in [0, 0.1) is 5.82 Å². The van der Waals surface area contributed by atoms with Gasteiger partial charge in [-0.3, -0.25) is 4.79 Å². The van der Waals surface area contributed by atoms with Gasteiger partial charge in [0.15, 0.2) is 20.2 Å². The van der Waals surface area contributed by atoms with Crippen molar-refractivity contribution in [3.63, 3.8) is 0 Å². The first-order chi connectivity index (χ1) is 16.3. The van der Waals surface area contributed by atoms with E-state index < -0.39 is 49.9 Å². The molecular weight excluding hydrogens is 485 g/mol. The molecule has 0 heterocycles. The van der Waals surface area contributed by atoms with Gasteiger partial charge in [-0.25, -0.2) is 14.0 Å². The number of nitrogens with one attached hydrogen (secondary N) is 2. The standard InChI is InChI=1S/C25H42FN3O6Si/c1-16(35-36(8,9)25(5,6)7)14-28-15-19(30)20(29-23(32)34-24(2,3)4)21(33-22(27)31)17-11-10-12-18(26)13-17/h10-13,16,20-21,28H,14-15H2,1-9H3,(H2,27,31)(H,29,32)/t16-,20+,21-/m0/s1. The summed E-state index contributed by atoms with van der Waals surface area (Å²) >= 11 is 0. The second-order valence-corrected chi connectivity index (χ2v) is 16.1. The van der Waals surface area contributed by atoms with E-state index in [4.69, 9.17) is 19.6 Å². The highest BCUT2D eigenvalue weighted by atomic mass is 28.4.